The third-order valence-electron chi connectivity index (χ3n) is 5.56. The summed E-state index contributed by atoms with van der Waals surface area (Å²) in [6.07, 6.45) is 0.640. The van der Waals surface area contributed by atoms with Gasteiger partial charge < -0.3 is 14.8 Å². The third kappa shape index (κ3) is 5.56. The van der Waals surface area contributed by atoms with E-state index in [1.807, 2.05) is 6.07 Å². The number of nitrogens with one attached hydrogen (secondary N) is 1. The maximum atomic E-state index is 13.2. The molecule has 1 aliphatic heterocycles. The van der Waals surface area contributed by atoms with Crippen LogP contribution in [0.25, 0.3) is 10.2 Å². The molecule has 1 aliphatic rings. The number of anilines is 1. The average molecular weight is 585 g/mol. The smallest absolute Gasteiger partial charge is 0.290 e. The molecule has 5 rings (SSSR count). The Morgan fingerprint density at radius 1 is 1.15 bits per heavy atom. The van der Waals surface area contributed by atoms with E-state index in [9.17, 15) is 25.0 Å². The second kappa shape index (κ2) is 11.0. The lowest BCUT2D eigenvalue weighted by atomic mass is 10.00. The second-order valence-electron chi connectivity index (χ2n) is 8.05. The van der Waals surface area contributed by atoms with Gasteiger partial charge in [0.15, 0.2) is 4.34 Å². The quantitative estimate of drug-likeness (QED) is 0.132. The summed E-state index contributed by atoms with van der Waals surface area (Å²) in [5.74, 6) is 0.122. The van der Waals surface area contributed by atoms with Crippen molar-refractivity contribution in [1.82, 2.24) is 4.98 Å². The average Bonchev–Trinajstić information content (AvgIpc) is 3.30. The Morgan fingerprint density at radius 2 is 1.97 bits per heavy atom. The van der Waals surface area contributed by atoms with Crippen molar-refractivity contribution in [3.8, 4) is 5.75 Å². The van der Waals surface area contributed by atoms with Gasteiger partial charge in [-0.2, -0.15) is 0 Å². The molecule has 1 aromatic heterocycles. The molecule has 1 N–H and O–H groups in total. The normalized spacial score (nSPS) is 15.7. The van der Waals surface area contributed by atoms with Gasteiger partial charge in [0.1, 0.15) is 5.75 Å². The summed E-state index contributed by atoms with van der Waals surface area (Å²) in [7, 11) is 0. The van der Waals surface area contributed by atoms with Crippen molar-refractivity contribution in [1.29, 1.82) is 0 Å². The topological polar surface area (TPSA) is 147 Å². The molecule has 0 fully saturated rings. The highest BCUT2D eigenvalue weighted by Gasteiger charge is 2.32. The molecule has 0 saturated carbocycles. The zero-order chi connectivity index (χ0) is 27.7. The van der Waals surface area contributed by atoms with E-state index in [0.29, 0.717) is 38.5 Å². The van der Waals surface area contributed by atoms with E-state index >= 15 is 0 Å². The Hall–Kier alpha value is -4.04. The molecule has 0 radical (unpaired) electrons. The number of fused-ring (bicyclic) bond motifs is 2. The first-order chi connectivity index (χ1) is 18.7. The number of carbonyl (C=O) groups is 1. The van der Waals surface area contributed by atoms with Crippen molar-refractivity contribution in [2.24, 2.45) is 0 Å². The van der Waals surface area contributed by atoms with Crippen LogP contribution in [0.4, 0.5) is 17.1 Å². The summed E-state index contributed by atoms with van der Waals surface area (Å²) in [4.78, 5) is 39.1. The van der Waals surface area contributed by atoms with Gasteiger partial charge in [0.2, 0.25) is 12.1 Å². The minimum atomic E-state index is -0.892. The standard InChI is InChI=1S/C25H17ClN4O7S2/c1-2-36-24-17(23(31)16-9-13(26)3-7-20(16)37-24)12-27-14-4-6-18-22(10-14)39-25(28-18)38-21-8-5-15(29(32)33)11-19(21)30(34)35/h3-12,24,27H,2H2,1H3. The van der Waals surface area contributed by atoms with Gasteiger partial charge in [-0.15, -0.1) is 11.3 Å². The van der Waals surface area contributed by atoms with Crippen LogP contribution < -0.4 is 10.1 Å². The van der Waals surface area contributed by atoms with Crippen molar-refractivity contribution < 1.29 is 24.1 Å². The molecular formula is C25H17ClN4O7S2. The minimum absolute atomic E-state index is 0.242. The van der Waals surface area contributed by atoms with Crippen LogP contribution in [0, 0.1) is 20.2 Å². The molecule has 198 valence electrons. The lowest BCUT2D eigenvalue weighted by molar-refractivity contribution is -0.396. The number of hydrogen-bond donors (Lipinski definition) is 1. The van der Waals surface area contributed by atoms with Crippen LogP contribution in [0.2, 0.25) is 5.02 Å². The second-order valence-corrected chi connectivity index (χ2v) is 10.8. The molecule has 3 aromatic carbocycles. The van der Waals surface area contributed by atoms with Gasteiger partial charge >= 0.3 is 0 Å². The van der Waals surface area contributed by atoms with E-state index in [2.05, 4.69) is 10.3 Å². The van der Waals surface area contributed by atoms with Crippen molar-refractivity contribution in [2.75, 3.05) is 11.9 Å². The van der Waals surface area contributed by atoms with Crippen molar-refractivity contribution in [3.05, 3.63) is 97.2 Å². The highest BCUT2D eigenvalue weighted by Crippen LogP contribution is 2.40. The zero-order valence-corrected chi connectivity index (χ0v) is 22.3. The van der Waals surface area contributed by atoms with Gasteiger partial charge in [-0.3, -0.25) is 25.0 Å². The van der Waals surface area contributed by atoms with E-state index in [4.69, 9.17) is 21.1 Å². The number of halogens is 1. The molecule has 0 spiro atoms. The first-order valence-electron chi connectivity index (χ1n) is 11.3. The Kier molecular flexibility index (Phi) is 7.48. The molecule has 0 amide bonds. The Labute approximate surface area is 233 Å². The van der Waals surface area contributed by atoms with Gasteiger partial charge in [-0.1, -0.05) is 23.4 Å². The number of Topliss-reactive ketones (excluding diaryl/α,β-unsaturated/α-hetero) is 1. The zero-order valence-electron chi connectivity index (χ0n) is 20.0. The molecule has 0 aliphatic carbocycles. The van der Waals surface area contributed by atoms with Gasteiger partial charge in [-0.25, -0.2) is 4.98 Å². The number of rotatable bonds is 8. The molecule has 2 heterocycles. The van der Waals surface area contributed by atoms with E-state index in [1.54, 1.807) is 37.3 Å². The van der Waals surface area contributed by atoms with Crippen LogP contribution in [0.15, 0.2) is 75.6 Å². The molecule has 0 saturated heterocycles. The summed E-state index contributed by atoms with van der Waals surface area (Å²) >= 11 is 8.43. The van der Waals surface area contributed by atoms with Crippen LogP contribution in [0.5, 0.6) is 5.75 Å². The van der Waals surface area contributed by atoms with E-state index in [1.165, 1.54) is 29.7 Å². The number of thiazole rings is 1. The maximum Gasteiger partial charge on any atom is 0.290 e. The van der Waals surface area contributed by atoms with Gasteiger partial charge in [0.25, 0.3) is 11.4 Å². The summed E-state index contributed by atoms with van der Waals surface area (Å²) in [5.41, 5.74) is 1.22. The molecule has 14 heteroatoms. The predicted octanol–water partition coefficient (Wildman–Crippen LogP) is 6.85. The first-order valence-corrected chi connectivity index (χ1v) is 13.3. The maximum absolute atomic E-state index is 13.2. The largest absolute Gasteiger partial charge is 0.460 e. The number of ketones is 1. The lowest BCUT2D eigenvalue weighted by Crippen LogP contribution is -2.33. The number of carbonyl (C=O) groups excluding carboxylic acids is 1. The molecule has 0 bridgehead atoms. The van der Waals surface area contributed by atoms with Gasteiger partial charge in [0.05, 0.1) is 42.2 Å². The SMILES string of the molecule is CCOC1Oc2ccc(Cl)cc2C(=O)C1=CNc1ccc2nc(Sc3ccc([N+](=O)[O-])cc3[N+](=O)[O-])sc2c1. The fourth-order valence-electron chi connectivity index (χ4n) is 3.77. The van der Waals surface area contributed by atoms with Gasteiger partial charge in [0, 0.05) is 29.6 Å². The van der Waals surface area contributed by atoms with Crippen molar-refractivity contribution in [2.45, 2.75) is 22.4 Å². The first kappa shape index (κ1) is 26.6. The fourth-order valence-corrected chi connectivity index (χ4v) is 6.09. The monoisotopic (exact) mass is 584 g/mol. The molecule has 1 unspecified atom stereocenters. The number of hydrogen-bond acceptors (Lipinski definition) is 11. The number of ether oxygens (including phenoxy) is 2. The van der Waals surface area contributed by atoms with E-state index in [-0.39, 0.29) is 27.6 Å². The highest BCUT2D eigenvalue weighted by molar-refractivity contribution is 8.01. The summed E-state index contributed by atoms with van der Waals surface area (Å²) in [6.45, 7) is 2.13. The molecule has 11 nitrogen and oxygen atoms in total. The number of nitro groups is 2. The lowest BCUT2D eigenvalue weighted by Gasteiger charge is -2.27. The summed E-state index contributed by atoms with van der Waals surface area (Å²) in [6, 6.07) is 13.7. The van der Waals surface area contributed by atoms with Crippen molar-refractivity contribution >= 4 is 67.8 Å². The van der Waals surface area contributed by atoms with Crippen LogP contribution in [-0.2, 0) is 4.74 Å². The van der Waals surface area contributed by atoms with Crippen molar-refractivity contribution in [3.63, 3.8) is 0 Å². The van der Waals surface area contributed by atoms with Crippen LogP contribution in [-0.4, -0.2) is 33.5 Å². The Balaban J connectivity index is 1.39. The van der Waals surface area contributed by atoms with E-state index in [0.717, 1.165) is 22.5 Å². The summed E-state index contributed by atoms with van der Waals surface area (Å²) < 4.78 is 12.8. The fraction of sp³-hybridized carbons (Fsp3) is 0.120. The highest BCUT2D eigenvalue weighted by atomic mass is 35.5. The summed E-state index contributed by atoms with van der Waals surface area (Å²) in [5, 5.41) is 26.0. The number of aromatic nitrogens is 1. The molecule has 39 heavy (non-hydrogen) atoms. The number of benzene rings is 3. The van der Waals surface area contributed by atoms with Crippen LogP contribution >= 0.6 is 34.7 Å². The number of non-ortho nitro benzene ring substituents is 1. The Morgan fingerprint density at radius 3 is 2.72 bits per heavy atom. The molecule has 4 aromatic rings. The van der Waals surface area contributed by atoms with Gasteiger partial charge in [-0.05, 0) is 49.4 Å². The van der Waals surface area contributed by atoms with Crippen LogP contribution in [0.1, 0.15) is 17.3 Å². The molecule has 1 atom stereocenters. The predicted molar refractivity (Wildman–Crippen MR) is 147 cm³/mol. The third-order valence-corrected chi connectivity index (χ3v) is 7.94. The minimum Gasteiger partial charge on any atom is -0.460 e. The number of nitro benzene ring substituents is 2. The Bertz CT molecular complexity index is 1670. The number of nitrogens with zero attached hydrogens (tertiary/aromatic N) is 3. The van der Waals surface area contributed by atoms with E-state index < -0.39 is 16.1 Å². The molecular weight excluding hydrogens is 568 g/mol. The van der Waals surface area contributed by atoms with Crippen LogP contribution in [0.3, 0.4) is 0 Å².